The fourth-order valence-electron chi connectivity index (χ4n) is 1.76. The minimum absolute atomic E-state index is 0.912. The Kier molecular flexibility index (Phi) is 4.09. The summed E-state index contributed by atoms with van der Waals surface area (Å²) in [5.41, 5.74) is 3.94. The maximum absolute atomic E-state index is 3.49. The summed E-state index contributed by atoms with van der Waals surface area (Å²) in [6, 6.07) is 8.78. The van der Waals surface area contributed by atoms with E-state index < -0.39 is 0 Å². The molecule has 0 aliphatic heterocycles. The Hall–Kier alpha value is -0.550. The smallest absolute Gasteiger partial charge is 0.0411 e. The summed E-state index contributed by atoms with van der Waals surface area (Å²) >= 11 is 4.25. The van der Waals surface area contributed by atoms with Crippen molar-refractivity contribution in [2.24, 2.45) is 0 Å². The van der Waals surface area contributed by atoms with Gasteiger partial charge in [0.05, 0.1) is 0 Å². The molecule has 0 saturated carbocycles. The Morgan fingerprint density at radius 2 is 1.94 bits per heavy atom. The van der Waals surface area contributed by atoms with Gasteiger partial charge >= 0.3 is 0 Å². The second kappa shape index (κ2) is 5.40. The summed E-state index contributed by atoms with van der Waals surface area (Å²) in [5.74, 6) is 0. The Labute approximate surface area is 120 Å². The number of nitrogens with one attached hydrogen (secondary N) is 1. The molecule has 0 unspecified atom stereocenters. The van der Waals surface area contributed by atoms with E-state index in [0.29, 0.717) is 0 Å². The average Bonchev–Trinajstić information content (AvgIpc) is 2.59. The topological polar surface area (TPSA) is 12.0 Å². The number of rotatable bonds is 3. The zero-order chi connectivity index (χ0) is 12.4. The molecule has 1 aromatic heterocycles. The zero-order valence-corrected chi connectivity index (χ0v) is 13.3. The fraction of sp³-hybridized carbons (Fsp3) is 0.286. The number of anilines is 1. The van der Waals surface area contributed by atoms with Gasteiger partial charge in [-0.25, -0.2) is 0 Å². The fourth-order valence-corrected chi connectivity index (χ4v) is 3.22. The molecule has 1 aromatic carbocycles. The number of aryl methyl sites for hydroxylation is 3. The molecule has 0 amide bonds. The molecule has 1 N–H and O–H groups in total. The molecule has 0 atom stereocenters. The lowest BCUT2D eigenvalue weighted by atomic mass is 10.2. The first-order valence-corrected chi connectivity index (χ1v) is 7.51. The maximum atomic E-state index is 3.49. The Morgan fingerprint density at radius 1 is 1.18 bits per heavy atom. The molecular formula is C14H16INS. The van der Waals surface area contributed by atoms with Crippen LogP contribution in [0.4, 0.5) is 5.69 Å². The molecule has 0 bridgehead atoms. The number of halogens is 1. The van der Waals surface area contributed by atoms with Crippen molar-refractivity contribution in [3.63, 3.8) is 0 Å². The van der Waals surface area contributed by atoms with Gasteiger partial charge in [0, 0.05) is 25.6 Å². The van der Waals surface area contributed by atoms with Crippen molar-refractivity contribution in [2.75, 3.05) is 5.32 Å². The molecule has 2 aromatic rings. The molecule has 0 radical (unpaired) electrons. The number of hydrogen-bond donors (Lipinski definition) is 1. The summed E-state index contributed by atoms with van der Waals surface area (Å²) in [5, 5.41) is 3.49. The van der Waals surface area contributed by atoms with Gasteiger partial charge in [-0.2, -0.15) is 0 Å². The van der Waals surface area contributed by atoms with E-state index in [4.69, 9.17) is 0 Å². The summed E-state index contributed by atoms with van der Waals surface area (Å²) in [6.45, 7) is 7.40. The number of hydrogen-bond acceptors (Lipinski definition) is 2. The van der Waals surface area contributed by atoms with Gasteiger partial charge in [-0.15, -0.1) is 11.3 Å². The van der Waals surface area contributed by atoms with Crippen LogP contribution in [0.3, 0.4) is 0 Å². The molecule has 0 aliphatic rings. The van der Waals surface area contributed by atoms with Crippen LogP contribution >= 0.6 is 33.9 Å². The Balaban J connectivity index is 2.07. The van der Waals surface area contributed by atoms with Gasteiger partial charge in [-0.3, -0.25) is 0 Å². The molecule has 17 heavy (non-hydrogen) atoms. The van der Waals surface area contributed by atoms with E-state index >= 15 is 0 Å². The van der Waals surface area contributed by atoms with Crippen molar-refractivity contribution in [3.8, 4) is 0 Å². The summed E-state index contributed by atoms with van der Waals surface area (Å²) in [7, 11) is 0. The SMILES string of the molecule is Cc1cc(CNc2ccc(C)c(I)c2)c(C)s1. The summed E-state index contributed by atoms with van der Waals surface area (Å²) in [6.07, 6.45) is 0. The van der Waals surface area contributed by atoms with Crippen molar-refractivity contribution in [1.82, 2.24) is 0 Å². The van der Waals surface area contributed by atoms with Crippen molar-refractivity contribution in [2.45, 2.75) is 27.3 Å². The van der Waals surface area contributed by atoms with Crippen LogP contribution in [0.25, 0.3) is 0 Å². The van der Waals surface area contributed by atoms with Crippen LogP contribution in [0, 0.1) is 24.3 Å². The lowest BCUT2D eigenvalue weighted by molar-refractivity contribution is 1.14. The second-order valence-electron chi connectivity index (χ2n) is 4.26. The number of thiophene rings is 1. The highest BCUT2D eigenvalue weighted by Gasteiger charge is 2.03. The van der Waals surface area contributed by atoms with Gasteiger partial charge in [0.15, 0.2) is 0 Å². The minimum atomic E-state index is 0.912. The predicted molar refractivity (Wildman–Crippen MR) is 85.0 cm³/mol. The lowest BCUT2D eigenvalue weighted by Crippen LogP contribution is -1.99. The highest BCUT2D eigenvalue weighted by molar-refractivity contribution is 14.1. The molecule has 90 valence electrons. The normalized spacial score (nSPS) is 10.6. The van der Waals surface area contributed by atoms with Crippen LogP contribution < -0.4 is 5.32 Å². The summed E-state index contributed by atoms with van der Waals surface area (Å²) in [4.78, 5) is 2.80. The van der Waals surface area contributed by atoms with E-state index in [9.17, 15) is 0 Å². The molecule has 0 spiro atoms. The van der Waals surface area contributed by atoms with Gasteiger partial charge in [0.1, 0.15) is 0 Å². The third-order valence-electron chi connectivity index (χ3n) is 2.80. The standard InChI is InChI=1S/C14H16INS/c1-9-4-5-13(7-14(9)15)16-8-12-6-10(2)17-11(12)3/h4-7,16H,8H2,1-3H3. The van der Waals surface area contributed by atoms with Crippen LogP contribution in [0.1, 0.15) is 20.9 Å². The average molecular weight is 357 g/mol. The lowest BCUT2D eigenvalue weighted by Gasteiger charge is -2.07. The third-order valence-corrected chi connectivity index (χ3v) is 4.97. The predicted octanol–water partition coefficient (Wildman–Crippen LogP) is 4.89. The Bertz CT molecular complexity index is 531. The highest BCUT2D eigenvalue weighted by atomic mass is 127. The monoisotopic (exact) mass is 357 g/mol. The molecule has 1 heterocycles. The Morgan fingerprint density at radius 3 is 2.53 bits per heavy atom. The second-order valence-corrected chi connectivity index (χ2v) is 6.88. The molecule has 2 rings (SSSR count). The van der Waals surface area contributed by atoms with Crippen LogP contribution in [-0.2, 0) is 6.54 Å². The zero-order valence-electron chi connectivity index (χ0n) is 10.3. The minimum Gasteiger partial charge on any atom is -0.381 e. The van der Waals surface area contributed by atoms with E-state index in [1.54, 1.807) is 0 Å². The molecular weight excluding hydrogens is 341 g/mol. The van der Waals surface area contributed by atoms with Gasteiger partial charge in [-0.1, -0.05) is 6.07 Å². The first kappa shape index (κ1) is 12.9. The van der Waals surface area contributed by atoms with E-state index in [-0.39, 0.29) is 0 Å². The molecule has 0 fully saturated rings. The maximum Gasteiger partial charge on any atom is 0.0411 e. The van der Waals surface area contributed by atoms with E-state index in [1.807, 2.05) is 11.3 Å². The number of benzene rings is 1. The van der Waals surface area contributed by atoms with E-state index in [0.717, 1.165) is 6.54 Å². The molecule has 0 saturated heterocycles. The van der Waals surface area contributed by atoms with Crippen molar-refractivity contribution < 1.29 is 0 Å². The van der Waals surface area contributed by atoms with Crippen LogP contribution in [0.15, 0.2) is 24.3 Å². The van der Waals surface area contributed by atoms with Gasteiger partial charge in [-0.05, 0) is 72.7 Å². The van der Waals surface area contributed by atoms with E-state index in [1.165, 1.54) is 30.1 Å². The highest BCUT2D eigenvalue weighted by Crippen LogP contribution is 2.22. The molecule has 3 heteroatoms. The quantitative estimate of drug-likeness (QED) is 0.772. The molecule has 1 nitrogen and oxygen atoms in total. The van der Waals surface area contributed by atoms with E-state index in [2.05, 4.69) is 72.9 Å². The summed E-state index contributed by atoms with van der Waals surface area (Å²) < 4.78 is 1.31. The van der Waals surface area contributed by atoms with Crippen LogP contribution in [-0.4, -0.2) is 0 Å². The van der Waals surface area contributed by atoms with Gasteiger partial charge in [0.25, 0.3) is 0 Å². The van der Waals surface area contributed by atoms with Crippen LogP contribution in [0.2, 0.25) is 0 Å². The van der Waals surface area contributed by atoms with Crippen molar-refractivity contribution >= 4 is 39.6 Å². The first-order chi connectivity index (χ1) is 8.06. The molecule has 0 aliphatic carbocycles. The third kappa shape index (κ3) is 3.22. The van der Waals surface area contributed by atoms with Gasteiger partial charge < -0.3 is 5.32 Å². The largest absolute Gasteiger partial charge is 0.381 e. The van der Waals surface area contributed by atoms with Crippen molar-refractivity contribution in [1.29, 1.82) is 0 Å². The van der Waals surface area contributed by atoms with Gasteiger partial charge in [0.2, 0.25) is 0 Å². The van der Waals surface area contributed by atoms with Crippen molar-refractivity contribution in [3.05, 3.63) is 48.7 Å². The van der Waals surface area contributed by atoms with Crippen LogP contribution in [0.5, 0.6) is 0 Å². The first-order valence-electron chi connectivity index (χ1n) is 5.62.